The summed E-state index contributed by atoms with van der Waals surface area (Å²) in [5, 5.41) is 4.72. The van der Waals surface area contributed by atoms with E-state index < -0.39 is 0 Å². The molecular weight excluding hydrogens is 252 g/mol. The van der Waals surface area contributed by atoms with Crippen LogP contribution in [0.25, 0.3) is 10.1 Å². The number of rotatable bonds is 6. The summed E-state index contributed by atoms with van der Waals surface area (Å²) in [6.07, 6.45) is 1.19. The van der Waals surface area contributed by atoms with Crippen LogP contribution in [0.15, 0.2) is 24.3 Å². The van der Waals surface area contributed by atoms with E-state index in [0.717, 1.165) is 13.1 Å². The van der Waals surface area contributed by atoms with E-state index >= 15 is 0 Å². The van der Waals surface area contributed by atoms with Crippen molar-refractivity contribution < 1.29 is 0 Å². The van der Waals surface area contributed by atoms with E-state index in [0.29, 0.717) is 6.04 Å². The predicted molar refractivity (Wildman–Crippen MR) is 85.8 cm³/mol. The molecule has 2 nitrogen and oxygen atoms in total. The van der Waals surface area contributed by atoms with Crippen molar-refractivity contribution in [3.8, 4) is 0 Å². The molecule has 1 aromatic heterocycles. The van der Waals surface area contributed by atoms with Crippen LogP contribution in [0.2, 0.25) is 0 Å². The molecule has 1 atom stereocenters. The summed E-state index contributed by atoms with van der Waals surface area (Å²) >= 11 is 1.92. The van der Waals surface area contributed by atoms with Gasteiger partial charge in [0.05, 0.1) is 0 Å². The molecular formula is C16H24N2S. The number of fused-ring (bicyclic) bond motifs is 1. The van der Waals surface area contributed by atoms with Crippen LogP contribution in [0.5, 0.6) is 0 Å². The summed E-state index contributed by atoms with van der Waals surface area (Å²) in [4.78, 5) is 3.92. The molecule has 1 aromatic carbocycles. The zero-order chi connectivity index (χ0) is 13.8. The number of hydrogen-bond donors (Lipinski definition) is 1. The fourth-order valence-corrected chi connectivity index (χ4v) is 3.57. The van der Waals surface area contributed by atoms with Crippen molar-refractivity contribution in [1.82, 2.24) is 10.2 Å². The van der Waals surface area contributed by atoms with Gasteiger partial charge < -0.3 is 5.32 Å². The van der Waals surface area contributed by atoms with Gasteiger partial charge in [0.1, 0.15) is 0 Å². The molecule has 0 aliphatic carbocycles. The lowest BCUT2D eigenvalue weighted by Gasteiger charge is -2.24. The van der Waals surface area contributed by atoms with Crippen LogP contribution < -0.4 is 5.32 Å². The summed E-state index contributed by atoms with van der Waals surface area (Å²) in [7, 11) is 4.25. The third-order valence-electron chi connectivity index (χ3n) is 3.87. The standard InChI is InChI=1S/C16H24N2S/c1-5-12(2)18(4)11-14-13-8-6-7-9-15(13)19-16(14)10-17-3/h6-9,12,17H,5,10-11H2,1-4H3. The van der Waals surface area contributed by atoms with Crippen molar-refractivity contribution in [2.75, 3.05) is 14.1 Å². The normalized spacial score (nSPS) is 13.3. The molecule has 0 fully saturated rings. The van der Waals surface area contributed by atoms with E-state index in [1.165, 1.54) is 26.9 Å². The number of benzene rings is 1. The molecule has 0 saturated heterocycles. The average Bonchev–Trinajstić information content (AvgIpc) is 2.76. The lowest BCUT2D eigenvalue weighted by molar-refractivity contribution is 0.244. The highest BCUT2D eigenvalue weighted by molar-refractivity contribution is 7.19. The number of hydrogen-bond acceptors (Lipinski definition) is 3. The SMILES string of the molecule is CCC(C)N(C)Cc1c(CNC)sc2ccccc12. The maximum Gasteiger partial charge on any atom is 0.0349 e. The minimum absolute atomic E-state index is 0.626. The number of thiophene rings is 1. The molecule has 3 heteroatoms. The van der Waals surface area contributed by atoms with E-state index in [-0.39, 0.29) is 0 Å². The Morgan fingerprint density at radius 3 is 2.74 bits per heavy atom. The fraction of sp³-hybridized carbons (Fsp3) is 0.500. The highest BCUT2D eigenvalue weighted by Crippen LogP contribution is 2.32. The maximum atomic E-state index is 3.29. The smallest absolute Gasteiger partial charge is 0.0349 e. The summed E-state index contributed by atoms with van der Waals surface area (Å²) < 4.78 is 1.40. The Labute approximate surface area is 120 Å². The molecule has 0 amide bonds. The van der Waals surface area contributed by atoms with Crippen LogP contribution in [0, 0.1) is 0 Å². The fourth-order valence-electron chi connectivity index (χ4n) is 2.34. The van der Waals surface area contributed by atoms with Crippen LogP contribution in [0.3, 0.4) is 0 Å². The second-order valence-corrected chi connectivity index (χ2v) is 6.34. The van der Waals surface area contributed by atoms with E-state index in [1.54, 1.807) is 0 Å². The van der Waals surface area contributed by atoms with Crippen molar-refractivity contribution in [3.63, 3.8) is 0 Å². The maximum absolute atomic E-state index is 3.29. The summed E-state index contributed by atoms with van der Waals surface area (Å²) in [6, 6.07) is 9.38. The third-order valence-corrected chi connectivity index (χ3v) is 5.08. The predicted octanol–water partition coefficient (Wildman–Crippen LogP) is 3.85. The highest BCUT2D eigenvalue weighted by atomic mass is 32.1. The Morgan fingerprint density at radius 1 is 1.32 bits per heavy atom. The Bertz CT molecular complexity index is 533. The Hall–Kier alpha value is -0.900. The lowest BCUT2D eigenvalue weighted by Crippen LogP contribution is -2.28. The molecule has 0 radical (unpaired) electrons. The van der Waals surface area contributed by atoms with E-state index in [4.69, 9.17) is 0 Å². The third kappa shape index (κ3) is 3.16. The van der Waals surface area contributed by atoms with Crippen LogP contribution in [-0.2, 0) is 13.1 Å². The van der Waals surface area contributed by atoms with Crippen molar-refractivity contribution in [2.24, 2.45) is 0 Å². The number of nitrogens with zero attached hydrogens (tertiary/aromatic N) is 1. The van der Waals surface area contributed by atoms with Gasteiger partial charge in [0.15, 0.2) is 0 Å². The largest absolute Gasteiger partial charge is 0.315 e. The molecule has 104 valence electrons. The average molecular weight is 276 g/mol. The van der Waals surface area contributed by atoms with Gasteiger partial charge in [-0.05, 0) is 44.5 Å². The van der Waals surface area contributed by atoms with E-state index in [2.05, 4.69) is 55.4 Å². The Morgan fingerprint density at radius 2 is 2.05 bits per heavy atom. The first kappa shape index (κ1) is 14.5. The van der Waals surface area contributed by atoms with Gasteiger partial charge >= 0.3 is 0 Å². The van der Waals surface area contributed by atoms with Crippen LogP contribution >= 0.6 is 11.3 Å². The highest BCUT2D eigenvalue weighted by Gasteiger charge is 2.15. The van der Waals surface area contributed by atoms with Crippen LogP contribution in [-0.4, -0.2) is 25.0 Å². The number of nitrogens with one attached hydrogen (secondary N) is 1. The monoisotopic (exact) mass is 276 g/mol. The molecule has 2 aromatic rings. The molecule has 1 unspecified atom stereocenters. The molecule has 2 rings (SSSR count). The molecule has 0 bridgehead atoms. The van der Waals surface area contributed by atoms with Crippen molar-refractivity contribution in [1.29, 1.82) is 0 Å². The summed E-state index contributed by atoms with van der Waals surface area (Å²) in [6.45, 7) is 6.55. The minimum atomic E-state index is 0.626. The van der Waals surface area contributed by atoms with Crippen molar-refractivity contribution in [3.05, 3.63) is 34.7 Å². The van der Waals surface area contributed by atoms with Crippen molar-refractivity contribution >= 4 is 21.4 Å². The van der Waals surface area contributed by atoms with Gasteiger partial charge in [-0.3, -0.25) is 4.90 Å². The summed E-state index contributed by atoms with van der Waals surface area (Å²) in [5.74, 6) is 0. The summed E-state index contributed by atoms with van der Waals surface area (Å²) in [5.41, 5.74) is 1.50. The molecule has 0 saturated carbocycles. The first-order valence-electron chi connectivity index (χ1n) is 7.01. The molecule has 0 aliphatic rings. The van der Waals surface area contributed by atoms with Gasteiger partial charge in [-0.25, -0.2) is 0 Å². The quantitative estimate of drug-likeness (QED) is 0.862. The van der Waals surface area contributed by atoms with Gasteiger partial charge in [-0.2, -0.15) is 0 Å². The second kappa shape index (κ2) is 6.51. The Kier molecular flexibility index (Phi) is 4.97. The van der Waals surface area contributed by atoms with E-state index in [1.807, 2.05) is 18.4 Å². The first-order valence-corrected chi connectivity index (χ1v) is 7.83. The zero-order valence-corrected chi connectivity index (χ0v) is 13.2. The topological polar surface area (TPSA) is 15.3 Å². The molecule has 0 spiro atoms. The molecule has 19 heavy (non-hydrogen) atoms. The van der Waals surface area contributed by atoms with Gasteiger partial charge in [0.2, 0.25) is 0 Å². The molecule has 1 N–H and O–H groups in total. The van der Waals surface area contributed by atoms with Gasteiger partial charge in [-0.15, -0.1) is 11.3 Å². The van der Waals surface area contributed by atoms with Gasteiger partial charge in [-0.1, -0.05) is 25.1 Å². The van der Waals surface area contributed by atoms with Crippen LogP contribution in [0.4, 0.5) is 0 Å². The minimum Gasteiger partial charge on any atom is -0.315 e. The lowest BCUT2D eigenvalue weighted by atomic mass is 10.1. The van der Waals surface area contributed by atoms with Gasteiger partial charge in [0, 0.05) is 28.7 Å². The zero-order valence-electron chi connectivity index (χ0n) is 12.4. The molecule has 1 heterocycles. The second-order valence-electron chi connectivity index (χ2n) is 5.20. The molecule has 0 aliphatic heterocycles. The van der Waals surface area contributed by atoms with E-state index in [9.17, 15) is 0 Å². The van der Waals surface area contributed by atoms with Gasteiger partial charge in [0.25, 0.3) is 0 Å². The van der Waals surface area contributed by atoms with Crippen molar-refractivity contribution in [2.45, 2.75) is 39.4 Å². The first-order chi connectivity index (χ1) is 9.17. The Balaban J connectivity index is 2.36. The van der Waals surface area contributed by atoms with Crippen LogP contribution in [0.1, 0.15) is 30.7 Å².